The van der Waals surface area contributed by atoms with E-state index in [1.807, 2.05) is 70.4 Å². The third-order valence-electron chi connectivity index (χ3n) is 4.91. The zero-order chi connectivity index (χ0) is 23.5. The molecule has 182 valence electrons. The number of benzene rings is 2. The summed E-state index contributed by atoms with van der Waals surface area (Å²) in [4.78, 5) is 11.8. The summed E-state index contributed by atoms with van der Waals surface area (Å²) in [5.41, 5.74) is 9.79. The van der Waals surface area contributed by atoms with Crippen molar-refractivity contribution >= 4 is 16.6 Å². The molecule has 4 aromatic rings. The number of rotatable bonds is 7. The Labute approximate surface area is 203 Å². The van der Waals surface area contributed by atoms with Gasteiger partial charge in [0.1, 0.15) is 0 Å². The molecule has 0 saturated heterocycles. The fourth-order valence-corrected chi connectivity index (χ4v) is 4.28. The number of nitrogen functional groups attached to an aromatic ring is 1. The number of hydrogen-bond acceptors (Lipinski definition) is 8. The number of anilines is 1. The minimum atomic E-state index is -1.05. The molecule has 2 aromatic carbocycles. The van der Waals surface area contributed by atoms with E-state index in [4.69, 9.17) is 10.2 Å². The molecule has 0 aliphatic carbocycles. The summed E-state index contributed by atoms with van der Waals surface area (Å²) in [6, 6.07) is 15.4. The molecule has 1 atom stereocenters. The van der Waals surface area contributed by atoms with E-state index in [1.165, 1.54) is 0 Å². The fourth-order valence-electron chi connectivity index (χ4n) is 3.33. The molecule has 2 heterocycles. The normalized spacial score (nSPS) is 12.1. The zero-order valence-corrected chi connectivity index (χ0v) is 20.3. The van der Waals surface area contributed by atoms with Crippen LogP contribution in [-0.2, 0) is 17.3 Å². The van der Waals surface area contributed by atoms with Gasteiger partial charge in [-0.25, -0.2) is 9.97 Å². The van der Waals surface area contributed by atoms with Gasteiger partial charge in [-0.05, 0) is 43.9 Å². The van der Waals surface area contributed by atoms with Gasteiger partial charge < -0.3 is 20.5 Å². The predicted molar refractivity (Wildman–Crippen MR) is 137 cm³/mol. The molecular formula is C24H32N6O3S. The van der Waals surface area contributed by atoms with Gasteiger partial charge in [-0.3, -0.25) is 4.21 Å². The average Bonchev–Trinajstić information content (AvgIpc) is 3.29. The van der Waals surface area contributed by atoms with Crippen LogP contribution in [0.25, 0.3) is 34.3 Å². The maximum Gasteiger partial charge on any atom is 0.270 e. The van der Waals surface area contributed by atoms with Gasteiger partial charge in [0.25, 0.3) is 5.89 Å². The third-order valence-corrected chi connectivity index (χ3v) is 6.50. The second-order valence-corrected chi connectivity index (χ2v) is 10.2. The molecule has 34 heavy (non-hydrogen) atoms. The Bertz CT molecular complexity index is 1300. The Morgan fingerprint density at radius 2 is 1.76 bits per heavy atom. The summed E-state index contributed by atoms with van der Waals surface area (Å²) >= 11 is 0. The molecule has 0 bridgehead atoms. The molecule has 0 aliphatic heterocycles. The highest BCUT2D eigenvalue weighted by Gasteiger charge is 2.17. The van der Waals surface area contributed by atoms with Crippen LogP contribution in [0.1, 0.15) is 22.3 Å². The number of nitrogens with zero attached hydrogens (tertiary/aromatic N) is 5. The molecule has 2 aromatic heterocycles. The summed E-state index contributed by atoms with van der Waals surface area (Å²) < 4.78 is 18.2. The topological polar surface area (TPSA) is 143 Å². The molecule has 0 fully saturated rings. The van der Waals surface area contributed by atoms with Gasteiger partial charge in [0.05, 0.1) is 22.7 Å². The second kappa shape index (κ2) is 10.6. The van der Waals surface area contributed by atoms with Crippen LogP contribution in [0.4, 0.5) is 5.82 Å². The number of hydrogen-bond donors (Lipinski definition) is 1. The average molecular weight is 485 g/mol. The Kier molecular flexibility index (Phi) is 7.87. The van der Waals surface area contributed by atoms with Crippen molar-refractivity contribution in [2.75, 3.05) is 19.8 Å². The van der Waals surface area contributed by atoms with Gasteiger partial charge in [-0.2, -0.15) is 0 Å². The van der Waals surface area contributed by atoms with Crippen LogP contribution in [0.3, 0.4) is 0 Å². The maximum atomic E-state index is 12.3. The second-order valence-electron chi connectivity index (χ2n) is 8.21. The van der Waals surface area contributed by atoms with E-state index in [2.05, 4.69) is 31.1 Å². The van der Waals surface area contributed by atoms with Crippen LogP contribution in [0.15, 0.2) is 64.0 Å². The molecule has 0 radical (unpaired) electrons. The van der Waals surface area contributed by atoms with E-state index < -0.39 is 10.8 Å². The van der Waals surface area contributed by atoms with Gasteiger partial charge in [0, 0.05) is 30.7 Å². The highest BCUT2D eigenvalue weighted by molar-refractivity contribution is 7.85. The van der Waals surface area contributed by atoms with Crippen molar-refractivity contribution in [3.05, 3.63) is 60.3 Å². The summed E-state index contributed by atoms with van der Waals surface area (Å²) in [5, 5.41) is 8.39. The van der Waals surface area contributed by atoms with Crippen LogP contribution in [0.5, 0.6) is 0 Å². The lowest BCUT2D eigenvalue weighted by atomic mass is 10.1. The quantitative estimate of drug-likeness (QED) is 0.418. The van der Waals surface area contributed by atoms with Crippen molar-refractivity contribution in [2.24, 2.45) is 0 Å². The van der Waals surface area contributed by atoms with Crippen LogP contribution in [-0.4, -0.2) is 54.1 Å². The van der Waals surface area contributed by atoms with E-state index in [0.717, 1.165) is 28.1 Å². The van der Waals surface area contributed by atoms with Gasteiger partial charge in [-0.1, -0.05) is 38.1 Å². The van der Waals surface area contributed by atoms with Gasteiger partial charge in [0.15, 0.2) is 11.5 Å². The van der Waals surface area contributed by atoms with E-state index in [9.17, 15) is 4.21 Å². The Morgan fingerprint density at radius 3 is 2.44 bits per heavy atom. The minimum absolute atomic E-state index is 0. The van der Waals surface area contributed by atoms with Crippen molar-refractivity contribution in [1.29, 1.82) is 0 Å². The van der Waals surface area contributed by atoms with E-state index in [-0.39, 0.29) is 25.3 Å². The summed E-state index contributed by atoms with van der Waals surface area (Å²) in [6.07, 6.45) is 1.59. The third kappa shape index (κ3) is 5.53. The lowest BCUT2D eigenvalue weighted by Gasteiger charge is -2.09. The van der Waals surface area contributed by atoms with Crippen LogP contribution in [0, 0.1) is 0 Å². The smallest absolute Gasteiger partial charge is 0.270 e. The molecule has 0 saturated carbocycles. The lowest BCUT2D eigenvalue weighted by Crippen LogP contribution is -2.10. The lowest BCUT2D eigenvalue weighted by molar-refractivity contribution is 0.402. The minimum Gasteiger partial charge on any atom is -0.414 e. The van der Waals surface area contributed by atoms with E-state index >= 15 is 0 Å². The van der Waals surface area contributed by atoms with Gasteiger partial charge >= 0.3 is 0 Å². The van der Waals surface area contributed by atoms with E-state index in [0.29, 0.717) is 17.3 Å². The van der Waals surface area contributed by atoms with Crippen molar-refractivity contribution < 1.29 is 17.0 Å². The van der Waals surface area contributed by atoms with Crippen molar-refractivity contribution in [2.45, 2.75) is 30.5 Å². The molecule has 0 amide bonds. The van der Waals surface area contributed by atoms with E-state index in [1.54, 1.807) is 6.20 Å². The van der Waals surface area contributed by atoms with Crippen molar-refractivity contribution in [3.8, 4) is 34.3 Å². The molecule has 0 spiro atoms. The first-order chi connectivity index (χ1) is 15.8. The molecule has 1 unspecified atom stereocenters. The van der Waals surface area contributed by atoms with Crippen LogP contribution in [0.2, 0.25) is 0 Å². The summed E-state index contributed by atoms with van der Waals surface area (Å²) in [7, 11) is 2.98. The molecule has 10 heteroatoms. The molecule has 4 rings (SSSR count). The number of aromatic nitrogens is 4. The first kappa shape index (κ1) is 25.2. The largest absolute Gasteiger partial charge is 0.414 e. The van der Waals surface area contributed by atoms with Crippen molar-refractivity contribution in [3.63, 3.8) is 0 Å². The summed E-state index contributed by atoms with van der Waals surface area (Å²) in [5.74, 6) is 0.790. The SMILES string of the molecule is CC(C)S(=O)c1ccc(-c2cnc(N)c(-c3nnc(-c4cccc(CN(C)C)c4)o3)n2)cc1.O.[HH].[HH]. The Balaban J connectivity index is 0.00000216. The van der Waals surface area contributed by atoms with Crippen LogP contribution < -0.4 is 5.73 Å². The predicted octanol–water partition coefficient (Wildman–Crippen LogP) is 3.69. The highest BCUT2D eigenvalue weighted by atomic mass is 32.2. The van der Waals surface area contributed by atoms with Gasteiger partial charge in [-0.15, -0.1) is 10.2 Å². The fraction of sp³-hybridized carbons (Fsp3) is 0.250. The zero-order valence-electron chi connectivity index (χ0n) is 19.5. The molecular weight excluding hydrogens is 452 g/mol. The monoisotopic (exact) mass is 484 g/mol. The van der Waals surface area contributed by atoms with Crippen LogP contribution >= 0.6 is 0 Å². The van der Waals surface area contributed by atoms with Gasteiger partial charge in [0.2, 0.25) is 5.89 Å². The molecule has 4 N–H and O–H groups in total. The Hall–Kier alpha value is -3.47. The first-order valence-electron chi connectivity index (χ1n) is 10.5. The maximum absolute atomic E-state index is 12.3. The number of nitrogens with two attached hydrogens (primary N) is 1. The first-order valence-corrected chi connectivity index (χ1v) is 11.7. The highest BCUT2D eigenvalue weighted by Crippen LogP contribution is 2.28. The molecule has 9 nitrogen and oxygen atoms in total. The Morgan fingerprint density at radius 1 is 1.06 bits per heavy atom. The molecule has 0 aliphatic rings. The standard InChI is InChI=1S/C24H26N6O2S.H2O.2H2/c1-15(2)33(31)19-10-8-17(9-11-19)20-13-26-22(25)21(27-20)24-29-28-23(32-24)18-7-5-6-16(12-18)14-30(3)4;;;/h5-13,15H,14H2,1-4H3,(H2,25,26);1H2;2*1H. The summed E-state index contributed by atoms with van der Waals surface area (Å²) in [6.45, 7) is 4.66. The van der Waals surface area contributed by atoms with Crippen molar-refractivity contribution in [1.82, 2.24) is 25.1 Å².